The van der Waals surface area contributed by atoms with Crippen molar-refractivity contribution in [1.29, 1.82) is 5.26 Å². The number of pyridine rings is 1. The number of hydrogen-bond donors (Lipinski definition) is 2. The third kappa shape index (κ3) is 1.66. The van der Waals surface area contributed by atoms with Crippen LogP contribution in [0.4, 0.5) is 0 Å². The average molecular weight is 211 g/mol. The first kappa shape index (κ1) is 9.99. The SMILES string of the molecule is C=C(O)c1ccc(-c2cccnc2C#N)[nH]1. The first-order chi connectivity index (χ1) is 7.72. The summed E-state index contributed by atoms with van der Waals surface area (Å²) in [6, 6.07) is 9.04. The molecule has 4 nitrogen and oxygen atoms in total. The molecular weight excluding hydrogens is 202 g/mol. The molecule has 0 aliphatic heterocycles. The molecule has 4 heteroatoms. The lowest BCUT2D eigenvalue weighted by atomic mass is 10.1. The number of aliphatic hydroxyl groups excluding tert-OH is 1. The molecule has 2 heterocycles. The second-order valence-electron chi connectivity index (χ2n) is 3.24. The quantitative estimate of drug-likeness (QED) is 0.749. The van der Waals surface area contributed by atoms with Gasteiger partial charge in [-0.05, 0) is 24.3 Å². The van der Waals surface area contributed by atoms with Crippen LogP contribution in [0.1, 0.15) is 11.4 Å². The van der Waals surface area contributed by atoms with Crippen molar-refractivity contribution in [3.63, 3.8) is 0 Å². The predicted octanol–water partition coefficient (Wildman–Crippen LogP) is 2.48. The van der Waals surface area contributed by atoms with Crippen LogP contribution >= 0.6 is 0 Å². The van der Waals surface area contributed by atoms with Crippen LogP contribution in [0.15, 0.2) is 37.0 Å². The van der Waals surface area contributed by atoms with Crippen molar-refractivity contribution in [2.75, 3.05) is 0 Å². The average Bonchev–Trinajstić information content (AvgIpc) is 2.78. The Kier molecular flexibility index (Phi) is 2.44. The summed E-state index contributed by atoms with van der Waals surface area (Å²) in [5.74, 6) is -0.0337. The standard InChI is InChI=1S/C12H9N3O/c1-8(16)10-4-5-11(15-10)9-3-2-6-14-12(9)7-13/h2-6,15-16H,1H2. The van der Waals surface area contributed by atoms with Crippen molar-refractivity contribution in [2.45, 2.75) is 0 Å². The summed E-state index contributed by atoms with van der Waals surface area (Å²) in [6.45, 7) is 3.42. The van der Waals surface area contributed by atoms with E-state index in [1.54, 1.807) is 30.5 Å². The molecule has 2 aromatic heterocycles. The second-order valence-corrected chi connectivity index (χ2v) is 3.24. The number of rotatable bonds is 2. The smallest absolute Gasteiger partial charge is 0.149 e. The van der Waals surface area contributed by atoms with Gasteiger partial charge in [0.25, 0.3) is 0 Å². The van der Waals surface area contributed by atoms with E-state index in [4.69, 9.17) is 5.26 Å². The molecule has 2 rings (SSSR count). The lowest BCUT2D eigenvalue weighted by Crippen LogP contribution is -1.88. The highest BCUT2D eigenvalue weighted by Crippen LogP contribution is 2.22. The van der Waals surface area contributed by atoms with Gasteiger partial charge < -0.3 is 10.1 Å². The van der Waals surface area contributed by atoms with Crippen LogP contribution in [0, 0.1) is 11.3 Å². The summed E-state index contributed by atoms with van der Waals surface area (Å²) in [5, 5.41) is 18.1. The third-order valence-electron chi connectivity index (χ3n) is 2.20. The Morgan fingerprint density at radius 2 is 2.25 bits per heavy atom. The maximum atomic E-state index is 9.20. The molecule has 0 unspecified atom stereocenters. The summed E-state index contributed by atoms with van der Waals surface area (Å²) in [5.41, 5.74) is 2.31. The number of aliphatic hydroxyl groups is 1. The Labute approximate surface area is 92.5 Å². The van der Waals surface area contributed by atoms with Crippen LogP contribution in [0.2, 0.25) is 0 Å². The first-order valence-electron chi connectivity index (χ1n) is 4.65. The number of nitrogens with one attached hydrogen (secondary N) is 1. The zero-order valence-electron chi connectivity index (χ0n) is 8.44. The van der Waals surface area contributed by atoms with E-state index in [0.29, 0.717) is 17.0 Å². The Balaban J connectivity index is 2.51. The van der Waals surface area contributed by atoms with Gasteiger partial charge in [0.15, 0.2) is 0 Å². The molecule has 0 amide bonds. The van der Waals surface area contributed by atoms with Crippen LogP contribution in [0.3, 0.4) is 0 Å². The lowest BCUT2D eigenvalue weighted by Gasteiger charge is -1.99. The van der Waals surface area contributed by atoms with E-state index in [9.17, 15) is 5.11 Å². The van der Waals surface area contributed by atoms with Crippen LogP contribution < -0.4 is 0 Å². The number of nitrogens with zero attached hydrogens (tertiary/aromatic N) is 2. The molecule has 0 fully saturated rings. The second kappa shape index (κ2) is 3.91. The summed E-state index contributed by atoms with van der Waals surface area (Å²) in [6.07, 6.45) is 1.57. The van der Waals surface area contributed by atoms with E-state index < -0.39 is 0 Å². The minimum absolute atomic E-state index is 0.0337. The molecule has 0 spiro atoms. The van der Waals surface area contributed by atoms with Crippen molar-refractivity contribution in [3.05, 3.63) is 48.4 Å². The van der Waals surface area contributed by atoms with Crippen molar-refractivity contribution >= 4 is 5.76 Å². The predicted molar refractivity (Wildman–Crippen MR) is 60.4 cm³/mol. The highest BCUT2D eigenvalue weighted by atomic mass is 16.3. The molecule has 0 saturated carbocycles. The lowest BCUT2D eigenvalue weighted by molar-refractivity contribution is 0.511. The van der Waals surface area contributed by atoms with Gasteiger partial charge in [0.2, 0.25) is 0 Å². The Hall–Kier alpha value is -2.54. The molecule has 0 bridgehead atoms. The maximum Gasteiger partial charge on any atom is 0.149 e. The van der Waals surface area contributed by atoms with E-state index in [-0.39, 0.29) is 5.76 Å². The number of nitriles is 1. The Morgan fingerprint density at radius 3 is 2.88 bits per heavy atom. The topological polar surface area (TPSA) is 72.7 Å². The Morgan fingerprint density at radius 1 is 1.44 bits per heavy atom. The molecule has 78 valence electrons. The molecule has 0 aliphatic carbocycles. The largest absolute Gasteiger partial charge is 0.506 e. The fraction of sp³-hybridized carbons (Fsp3) is 0. The van der Waals surface area contributed by atoms with Gasteiger partial charge in [-0.3, -0.25) is 0 Å². The third-order valence-corrected chi connectivity index (χ3v) is 2.20. The molecule has 0 aliphatic rings. The highest BCUT2D eigenvalue weighted by Gasteiger charge is 2.08. The zero-order chi connectivity index (χ0) is 11.5. The van der Waals surface area contributed by atoms with E-state index >= 15 is 0 Å². The van der Waals surface area contributed by atoms with Crippen LogP contribution in [-0.4, -0.2) is 15.1 Å². The van der Waals surface area contributed by atoms with Crippen LogP contribution in [-0.2, 0) is 0 Å². The fourth-order valence-corrected chi connectivity index (χ4v) is 1.43. The fourth-order valence-electron chi connectivity index (χ4n) is 1.43. The normalized spacial score (nSPS) is 9.69. The van der Waals surface area contributed by atoms with Gasteiger partial charge in [-0.25, -0.2) is 4.98 Å². The molecule has 0 radical (unpaired) electrons. The number of aromatic nitrogens is 2. The van der Waals surface area contributed by atoms with Gasteiger partial charge in [-0.2, -0.15) is 5.26 Å². The summed E-state index contributed by atoms with van der Waals surface area (Å²) < 4.78 is 0. The van der Waals surface area contributed by atoms with Gasteiger partial charge in [0, 0.05) is 17.5 Å². The zero-order valence-corrected chi connectivity index (χ0v) is 8.44. The van der Waals surface area contributed by atoms with Gasteiger partial charge in [0.05, 0.1) is 5.69 Å². The number of hydrogen-bond acceptors (Lipinski definition) is 3. The van der Waals surface area contributed by atoms with E-state index in [0.717, 1.165) is 5.69 Å². The molecule has 0 saturated heterocycles. The van der Waals surface area contributed by atoms with Crippen molar-refractivity contribution in [3.8, 4) is 17.3 Å². The number of H-pyrrole nitrogens is 1. The summed E-state index contributed by atoms with van der Waals surface area (Å²) >= 11 is 0. The molecule has 0 atom stereocenters. The Bertz CT molecular complexity index is 578. The minimum Gasteiger partial charge on any atom is -0.506 e. The molecular formula is C12H9N3O. The van der Waals surface area contributed by atoms with E-state index in [1.807, 2.05) is 6.07 Å². The molecule has 2 aromatic rings. The van der Waals surface area contributed by atoms with Gasteiger partial charge in [-0.15, -0.1) is 0 Å². The monoisotopic (exact) mass is 211 g/mol. The maximum absolute atomic E-state index is 9.20. The van der Waals surface area contributed by atoms with Crippen molar-refractivity contribution < 1.29 is 5.11 Å². The molecule has 16 heavy (non-hydrogen) atoms. The number of aromatic amines is 1. The van der Waals surface area contributed by atoms with Crippen molar-refractivity contribution in [1.82, 2.24) is 9.97 Å². The van der Waals surface area contributed by atoms with Gasteiger partial charge >= 0.3 is 0 Å². The summed E-state index contributed by atoms with van der Waals surface area (Å²) in [7, 11) is 0. The summed E-state index contributed by atoms with van der Waals surface area (Å²) in [4.78, 5) is 6.92. The molecule has 0 aromatic carbocycles. The van der Waals surface area contributed by atoms with Crippen molar-refractivity contribution in [2.24, 2.45) is 0 Å². The molecule has 2 N–H and O–H groups in total. The van der Waals surface area contributed by atoms with Gasteiger partial charge in [-0.1, -0.05) is 6.58 Å². The first-order valence-corrected chi connectivity index (χ1v) is 4.65. The van der Waals surface area contributed by atoms with Crippen LogP contribution in [0.5, 0.6) is 0 Å². The van der Waals surface area contributed by atoms with Gasteiger partial charge in [0.1, 0.15) is 17.5 Å². The van der Waals surface area contributed by atoms with E-state index in [2.05, 4.69) is 16.5 Å². The highest BCUT2D eigenvalue weighted by molar-refractivity contribution is 5.68. The minimum atomic E-state index is -0.0337. The van der Waals surface area contributed by atoms with Crippen LogP contribution in [0.25, 0.3) is 17.0 Å². The van der Waals surface area contributed by atoms with E-state index in [1.165, 1.54) is 0 Å².